The van der Waals surface area contributed by atoms with Gasteiger partial charge in [-0.3, -0.25) is 4.79 Å². The normalized spacial score (nSPS) is 15.0. The first-order valence-corrected chi connectivity index (χ1v) is 9.66. The third-order valence-electron chi connectivity index (χ3n) is 4.86. The van der Waals surface area contributed by atoms with Crippen LogP contribution in [0.5, 0.6) is 5.75 Å². The highest BCUT2D eigenvalue weighted by atomic mass is 35.5. The van der Waals surface area contributed by atoms with Crippen LogP contribution in [0.4, 0.5) is 11.6 Å². The number of aromatic hydroxyl groups is 1. The Balaban J connectivity index is 1.61. The van der Waals surface area contributed by atoms with Crippen LogP contribution in [0.3, 0.4) is 0 Å². The Morgan fingerprint density at radius 2 is 1.93 bits per heavy atom. The van der Waals surface area contributed by atoms with E-state index in [4.69, 9.17) is 11.6 Å². The predicted molar refractivity (Wildman–Crippen MR) is 105 cm³/mol. The van der Waals surface area contributed by atoms with E-state index in [-0.39, 0.29) is 17.6 Å². The lowest BCUT2D eigenvalue weighted by Gasteiger charge is -2.31. The van der Waals surface area contributed by atoms with Gasteiger partial charge in [0.15, 0.2) is 0 Å². The van der Waals surface area contributed by atoms with Crippen molar-refractivity contribution in [1.29, 1.82) is 0 Å². The van der Waals surface area contributed by atoms with Gasteiger partial charge in [0.2, 0.25) is 11.9 Å². The van der Waals surface area contributed by atoms with E-state index < -0.39 is 0 Å². The number of phenolic OH excluding ortho intramolecular Hbond substituents is 1. The number of aryl methyl sites for hydroxylation is 2. The van der Waals surface area contributed by atoms with Crippen molar-refractivity contribution in [3.8, 4) is 5.75 Å². The lowest BCUT2D eigenvalue weighted by molar-refractivity contribution is -0.120. The Morgan fingerprint density at radius 1 is 1.22 bits per heavy atom. The van der Waals surface area contributed by atoms with E-state index >= 15 is 0 Å². The Bertz CT molecular complexity index is 822. The number of carbonyl (C=O) groups is 1. The molecule has 1 aromatic carbocycles. The Hall–Kier alpha value is -2.41. The molecule has 1 amide bonds. The first kappa shape index (κ1) is 19.4. The lowest BCUT2D eigenvalue weighted by Crippen LogP contribution is -2.39. The van der Waals surface area contributed by atoms with Crippen molar-refractivity contribution in [2.24, 2.45) is 5.92 Å². The monoisotopic (exact) mass is 389 g/mol. The molecule has 0 saturated carbocycles. The van der Waals surface area contributed by atoms with Crippen molar-refractivity contribution in [3.05, 3.63) is 34.6 Å². The van der Waals surface area contributed by atoms with E-state index in [1.807, 2.05) is 6.92 Å². The molecular weight excluding hydrogens is 366 g/mol. The van der Waals surface area contributed by atoms with Crippen LogP contribution in [0.1, 0.15) is 38.1 Å². The topological polar surface area (TPSA) is 91.2 Å². The van der Waals surface area contributed by atoms with Crippen LogP contribution in [0.25, 0.3) is 0 Å². The Labute approximate surface area is 163 Å². The molecule has 1 aliphatic rings. The van der Waals surface area contributed by atoms with Crippen LogP contribution >= 0.6 is 11.6 Å². The van der Waals surface area contributed by atoms with Gasteiger partial charge in [0.25, 0.3) is 0 Å². The second kappa shape index (κ2) is 8.52. The third kappa shape index (κ3) is 4.47. The van der Waals surface area contributed by atoms with E-state index in [9.17, 15) is 9.90 Å². The van der Waals surface area contributed by atoms with Crippen LogP contribution < -0.4 is 10.2 Å². The molecule has 0 radical (unpaired) electrons. The highest BCUT2D eigenvalue weighted by Gasteiger charge is 2.27. The summed E-state index contributed by atoms with van der Waals surface area (Å²) in [5.74, 6) is 0.401. The molecule has 1 saturated heterocycles. The van der Waals surface area contributed by atoms with Gasteiger partial charge < -0.3 is 15.3 Å². The summed E-state index contributed by atoms with van der Waals surface area (Å²) in [7, 11) is 0. The maximum atomic E-state index is 12.5. The van der Waals surface area contributed by atoms with E-state index in [2.05, 4.69) is 32.3 Å². The average molecular weight is 390 g/mol. The second-order valence-corrected chi connectivity index (χ2v) is 7.06. The molecule has 0 aliphatic carbocycles. The number of carbonyl (C=O) groups excluding carboxylic acids is 1. The van der Waals surface area contributed by atoms with Gasteiger partial charge in [0.1, 0.15) is 5.75 Å². The van der Waals surface area contributed by atoms with Gasteiger partial charge in [0.05, 0.1) is 17.1 Å². The number of piperidine rings is 1. The summed E-state index contributed by atoms with van der Waals surface area (Å²) in [6.45, 7) is 5.49. The second-order valence-electron chi connectivity index (χ2n) is 6.62. The number of nitrogens with one attached hydrogen (secondary N) is 1. The minimum atomic E-state index is -0.131. The van der Waals surface area contributed by atoms with Crippen LogP contribution in [0, 0.1) is 5.92 Å². The largest absolute Gasteiger partial charge is 0.506 e. The summed E-state index contributed by atoms with van der Waals surface area (Å²) in [6, 6.07) is 4.59. The van der Waals surface area contributed by atoms with Crippen LogP contribution in [-0.2, 0) is 17.6 Å². The molecule has 3 rings (SSSR count). The van der Waals surface area contributed by atoms with Crippen LogP contribution in [0.15, 0.2) is 18.2 Å². The molecule has 1 aliphatic heterocycles. The van der Waals surface area contributed by atoms with E-state index in [1.165, 1.54) is 6.07 Å². The van der Waals surface area contributed by atoms with Crippen molar-refractivity contribution in [3.63, 3.8) is 0 Å². The van der Waals surface area contributed by atoms with Gasteiger partial charge >= 0.3 is 0 Å². The van der Waals surface area contributed by atoms with Crippen molar-refractivity contribution in [2.45, 2.75) is 39.5 Å². The highest BCUT2D eigenvalue weighted by Crippen LogP contribution is 2.28. The summed E-state index contributed by atoms with van der Waals surface area (Å²) in [6.07, 6.45) is 3.02. The Kier molecular flexibility index (Phi) is 6.11. The van der Waals surface area contributed by atoms with Crippen LogP contribution in [0.2, 0.25) is 5.02 Å². The Morgan fingerprint density at radius 3 is 2.59 bits per heavy atom. The number of benzene rings is 1. The SMILES string of the molecule is CCc1nnc(N2CCC(C(=O)Nc3cc(Cl)ccc3O)CC2)nc1CC. The van der Waals surface area contributed by atoms with Crippen LogP contribution in [-0.4, -0.2) is 39.3 Å². The standard InChI is InChI=1S/C19H24ClN5O2/c1-3-14-15(4-2)23-24-19(22-14)25-9-7-12(8-10-25)18(27)21-16-11-13(20)5-6-17(16)26/h5-6,11-12,26H,3-4,7-10H2,1-2H3,(H,21,27). The fourth-order valence-corrected chi connectivity index (χ4v) is 3.42. The zero-order chi connectivity index (χ0) is 19.4. The summed E-state index contributed by atoms with van der Waals surface area (Å²) in [4.78, 5) is 19.3. The van der Waals surface area contributed by atoms with Gasteiger partial charge in [-0.25, -0.2) is 4.98 Å². The number of amides is 1. The predicted octanol–water partition coefficient (Wildman–Crippen LogP) is 3.21. The number of aromatic nitrogens is 3. The molecule has 7 nitrogen and oxygen atoms in total. The van der Waals surface area contributed by atoms with Gasteiger partial charge in [-0.1, -0.05) is 25.4 Å². The first-order valence-electron chi connectivity index (χ1n) is 9.28. The van der Waals surface area contributed by atoms with Gasteiger partial charge in [-0.2, -0.15) is 5.10 Å². The average Bonchev–Trinajstić information content (AvgIpc) is 2.70. The van der Waals surface area contributed by atoms with Crippen molar-refractivity contribution in [2.75, 3.05) is 23.3 Å². The number of halogens is 1. The molecule has 2 N–H and O–H groups in total. The quantitative estimate of drug-likeness (QED) is 0.763. The fraction of sp³-hybridized carbons (Fsp3) is 0.474. The number of phenols is 1. The molecule has 0 spiro atoms. The molecule has 0 unspecified atom stereocenters. The third-order valence-corrected chi connectivity index (χ3v) is 5.10. The smallest absolute Gasteiger partial charge is 0.245 e. The van der Waals surface area contributed by atoms with E-state index in [0.29, 0.717) is 42.6 Å². The molecule has 8 heteroatoms. The summed E-state index contributed by atoms with van der Waals surface area (Å²) < 4.78 is 0. The molecule has 27 heavy (non-hydrogen) atoms. The highest BCUT2D eigenvalue weighted by molar-refractivity contribution is 6.31. The minimum Gasteiger partial charge on any atom is -0.506 e. The van der Waals surface area contributed by atoms with E-state index in [0.717, 1.165) is 24.2 Å². The zero-order valence-corrected chi connectivity index (χ0v) is 16.3. The molecule has 1 fully saturated rings. The lowest BCUT2D eigenvalue weighted by atomic mass is 9.96. The van der Waals surface area contributed by atoms with Gasteiger partial charge in [0, 0.05) is 24.0 Å². The number of rotatable bonds is 5. The van der Waals surface area contributed by atoms with Crippen molar-refractivity contribution in [1.82, 2.24) is 15.2 Å². The number of hydrogen-bond acceptors (Lipinski definition) is 6. The van der Waals surface area contributed by atoms with Gasteiger partial charge in [-0.15, -0.1) is 5.10 Å². The summed E-state index contributed by atoms with van der Waals surface area (Å²) >= 11 is 5.93. The summed E-state index contributed by atoms with van der Waals surface area (Å²) in [5.41, 5.74) is 2.26. The molecule has 144 valence electrons. The summed E-state index contributed by atoms with van der Waals surface area (Å²) in [5, 5.41) is 21.7. The molecule has 0 atom stereocenters. The van der Waals surface area contributed by atoms with Crippen molar-refractivity contribution < 1.29 is 9.90 Å². The maximum Gasteiger partial charge on any atom is 0.245 e. The molecular formula is C19H24ClN5O2. The molecule has 2 aromatic rings. The first-order chi connectivity index (χ1) is 13.0. The van der Waals surface area contributed by atoms with E-state index in [1.54, 1.807) is 12.1 Å². The number of nitrogens with zero attached hydrogens (tertiary/aromatic N) is 4. The minimum absolute atomic E-state index is 0.00719. The van der Waals surface area contributed by atoms with Crippen molar-refractivity contribution >= 4 is 29.1 Å². The molecule has 1 aromatic heterocycles. The van der Waals surface area contributed by atoms with Gasteiger partial charge in [-0.05, 0) is 43.9 Å². The molecule has 0 bridgehead atoms. The number of anilines is 2. The molecule has 2 heterocycles. The zero-order valence-electron chi connectivity index (χ0n) is 15.6. The fourth-order valence-electron chi connectivity index (χ4n) is 3.25. The number of hydrogen-bond donors (Lipinski definition) is 2. The maximum absolute atomic E-state index is 12.5.